The van der Waals surface area contributed by atoms with Gasteiger partial charge in [0.2, 0.25) is 0 Å². The average Bonchev–Trinajstić information content (AvgIpc) is 2.12. The molecule has 0 aliphatic heterocycles. The second kappa shape index (κ2) is 9.08. The third kappa shape index (κ3) is 10.1. The van der Waals surface area contributed by atoms with Crippen LogP contribution < -0.4 is 0 Å². The number of thiol groups is 1. The summed E-state index contributed by atoms with van der Waals surface area (Å²) >= 11 is 4.47. The first-order chi connectivity index (χ1) is 7.06. The highest BCUT2D eigenvalue weighted by Crippen LogP contribution is 2.13. The fourth-order valence-corrected chi connectivity index (χ4v) is 1.89. The van der Waals surface area contributed by atoms with Crippen LogP contribution in [0.2, 0.25) is 0 Å². The van der Waals surface area contributed by atoms with Crippen LogP contribution in [0.15, 0.2) is 0 Å². The molecule has 0 aliphatic rings. The van der Waals surface area contributed by atoms with Gasteiger partial charge in [-0.05, 0) is 33.1 Å². The molecule has 0 amide bonds. The molecule has 0 aromatic rings. The number of carbonyl (C=O) groups excluding carboxylic acids is 1. The number of rotatable bonds is 8. The van der Waals surface area contributed by atoms with E-state index in [1.807, 2.05) is 13.8 Å². The smallest absolute Gasteiger partial charge is 0.306 e. The molecule has 0 rings (SSSR count). The molecule has 2 nitrogen and oxygen atoms in total. The van der Waals surface area contributed by atoms with Crippen LogP contribution in [0, 0.1) is 0 Å². The summed E-state index contributed by atoms with van der Waals surface area (Å²) in [6.45, 7) is 5.93. The molecule has 0 spiro atoms. The Labute approximate surface area is 99.2 Å². The maximum absolute atomic E-state index is 11.2. The fourth-order valence-electron chi connectivity index (χ4n) is 1.45. The molecule has 0 saturated carbocycles. The van der Waals surface area contributed by atoms with E-state index >= 15 is 0 Å². The summed E-state index contributed by atoms with van der Waals surface area (Å²) in [5.41, 5.74) is 0. The third-order valence-electron chi connectivity index (χ3n) is 2.16. The topological polar surface area (TPSA) is 26.3 Å². The summed E-state index contributed by atoms with van der Waals surface area (Å²) < 4.78 is 5.05. The van der Waals surface area contributed by atoms with E-state index in [0.29, 0.717) is 11.7 Å². The van der Waals surface area contributed by atoms with Gasteiger partial charge in [0.25, 0.3) is 0 Å². The maximum Gasteiger partial charge on any atom is 0.306 e. The highest BCUT2D eigenvalue weighted by Gasteiger charge is 2.06. The van der Waals surface area contributed by atoms with Gasteiger partial charge in [0.1, 0.15) is 0 Å². The molecule has 15 heavy (non-hydrogen) atoms. The third-order valence-corrected chi connectivity index (χ3v) is 2.67. The molecule has 0 fully saturated rings. The zero-order chi connectivity index (χ0) is 11.7. The first-order valence-corrected chi connectivity index (χ1v) is 6.45. The number of ether oxygens (including phenoxy) is 1. The normalized spacial score (nSPS) is 12.9. The van der Waals surface area contributed by atoms with Crippen molar-refractivity contribution in [3.05, 3.63) is 0 Å². The lowest BCUT2D eigenvalue weighted by atomic mass is 10.1. The standard InChI is InChI=1S/C12H24O2S/c1-4-7-11(15)8-5-6-9-12(13)14-10(2)3/h10-11,15H,4-9H2,1-3H3. The first-order valence-electron chi connectivity index (χ1n) is 5.93. The van der Waals surface area contributed by atoms with E-state index in [0.717, 1.165) is 19.3 Å². The van der Waals surface area contributed by atoms with Gasteiger partial charge in [-0.25, -0.2) is 0 Å². The molecular weight excluding hydrogens is 208 g/mol. The van der Waals surface area contributed by atoms with Crippen molar-refractivity contribution in [3.63, 3.8) is 0 Å². The Kier molecular flexibility index (Phi) is 8.97. The van der Waals surface area contributed by atoms with Crippen molar-refractivity contribution < 1.29 is 9.53 Å². The summed E-state index contributed by atoms with van der Waals surface area (Å²) in [7, 11) is 0. The van der Waals surface area contributed by atoms with Crippen molar-refractivity contribution in [2.24, 2.45) is 0 Å². The van der Waals surface area contributed by atoms with E-state index in [9.17, 15) is 4.79 Å². The minimum atomic E-state index is -0.0730. The Balaban J connectivity index is 3.34. The van der Waals surface area contributed by atoms with Crippen LogP contribution in [0.3, 0.4) is 0 Å². The van der Waals surface area contributed by atoms with Gasteiger partial charge in [-0.15, -0.1) is 0 Å². The number of carbonyl (C=O) groups is 1. The lowest BCUT2D eigenvalue weighted by Gasteiger charge is -2.09. The van der Waals surface area contributed by atoms with E-state index in [4.69, 9.17) is 4.74 Å². The molecule has 0 heterocycles. The number of hydrogen-bond donors (Lipinski definition) is 1. The summed E-state index contributed by atoms with van der Waals surface area (Å²) in [4.78, 5) is 11.2. The Morgan fingerprint density at radius 1 is 1.27 bits per heavy atom. The van der Waals surface area contributed by atoms with Crippen molar-refractivity contribution in [2.45, 2.75) is 70.7 Å². The number of hydrogen-bond acceptors (Lipinski definition) is 3. The predicted molar refractivity (Wildman–Crippen MR) is 67.4 cm³/mol. The molecule has 0 aromatic carbocycles. The van der Waals surface area contributed by atoms with Crippen LogP contribution in [0.4, 0.5) is 0 Å². The Bertz CT molecular complexity index is 169. The van der Waals surface area contributed by atoms with Crippen LogP contribution in [-0.2, 0) is 9.53 Å². The van der Waals surface area contributed by atoms with Gasteiger partial charge in [-0.3, -0.25) is 4.79 Å². The van der Waals surface area contributed by atoms with Gasteiger partial charge in [-0.1, -0.05) is 19.8 Å². The van der Waals surface area contributed by atoms with Gasteiger partial charge in [0.05, 0.1) is 6.10 Å². The summed E-state index contributed by atoms with van der Waals surface area (Å²) in [6, 6.07) is 0. The highest BCUT2D eigenvalue weighted by atomic mass is 32.1. The quantitative estimate of drug-likeness (QED) is 0.393. The van der Waals surface area contributed by atoms with Crippen LogP contribution in [0.5, 0.6) is 0 Å². The van der Waals surface area contributed by atoms with Gasteiger partial charge >= 0.3 is 5.97 Å². The Hall–Kier alpha value is -0.180. The molecule has 0 bridgehead atoms. The minimum Gasteiger partial charge on any atom is -0.463 e. The van der Waals surface area contributed by atoms with E-state index in [-0.39, 0.29) is 12.1 Å². The SMILES string of the molecule is CCCC(S)CCCCC(=O)OC(C)C. The summed E-state index contributed by atoms with van der Waals surface area (Å²) in [5.74, 6) is -0.0730. The lowest BCUT2D eigenvalue weighted by molar-refractivity contribution is -0.147. The van der Waals surface area contributed by atoms with Crippen LogP contribution >= 0.6 is 12.6 Å². The Morgan fingerprint density at radius 3 is 2.47 bits per heavy atom. The summed E-state index contributed by atoms with van der Waals surface area (Å²) in [5, 5.41) is 0.496. The van der Waals surface area contributed by atoms with Crippen molar-refractivity contribution >= 4 is 18.6 Å². The fraction of sp³-hybridized carbons (Fsp3) is 0.917. The first kappa shape index (κ1) is 14.8. The molecule has 0 saturated heterocycles. The molecule has 3 heteroatoms. The van der Waals surface area contributed by atoms with E-state index < -0.39 is 0 Å². The zero-order valence-electron chi connectivity index (χ0n) is 10.2. The second-order valence-corrected chi connectivity index (χ2v) is 4.96. The number of esters is 1. The molecule has 1 atom stereocenters. The molecular formula is C12H24O2S. The molecule has 0 aliphatic carbocycles. The van der Waals surface area contributed by atoms with E-state index in [1.165, 1.54) is 12.8 Å². The number of unbranched alkanes of at least 4 members (excludes halogenated alkanes) is 1. The van der Waals surface area contributed by atoms with Crippen LogP contribution in [-0.4, -0.2) is 17.3 Å². The predicted octanol–water partition coefficient (Wildman–Crippen LogP) is 3.60. The molecule has 0 N–H and O–H groups in total. The van der Waals surface area contributed by atoms with Gasteiger partial charge < -0.3 is 4.74 Å². The van der Waals surface area contributed by atoms with Crippen molar-refractivity contribution in [2.75, 3.05) is 0 Å². The van der Waals surface area contributed by atoms with Crippen LogP contribution in [0.1, 0.15) is 59.3 Å². The molecule has 1 unspecified atom stereocenters. The van der Waals surface area contributed by atoms with Gasteiger partial charge in [-0.2, -0.15) is 12.6 Å². The Morgan fingerprint density at radius 2 is 1.93 bits per heavy atom. The highest BCUT2D eigenvalue weighted by molar-refractivity contribution is 7.80. The lowest BCUT2D eigenvalue weighted by Crippen LogP contribution is -2.11. The molecule has 90 valence electrons. The van der Waals surface area contributed by atoms with Crippen molar-refractivity contribution in [3.8, 4) is 0 Å². The van der Waals surface area contributed by atoms with E-state index in [2.05, 4.69) is 19.6 Å². The van der Waals surface area contributed by atoms with Crippen LogP contribution in [0.25, 0.3) is 0 Å². The molecule has 0 aromatic heterocycles. The second-order valence-electron chi connectivity index (χ2n) is 4.23. The van der Waals surface area contributed by atoms with E-state index in [1.54, 1.807) is 0 Å². The largest absolute Gasteiger partial charge is 0.463 e. The van der Waals surface area contributed by atoms with Crippen molar-refractivity contribution in [1.82, 2.24) is 0 Å². The van der Waals surface area contributed by atoms with Gasteiger partial charge in [0, 0.05) is 11.7 Å². The minimum absolute atomic E-state index is 0.00946. The zero-order valence-corrected chi connectivity index (χ0v) is 11.1. The summed E-state index contributed by atoms with van der Waals surface area (Å²) in [6.07, 6.45) is 6.00. The molecule has 0 radical (unpaired) electrons. The van der Waals surface area contributed by atoms with Crippen molar-refractivity contribution in [1.29, 1.82) is 0 Å². The van der Waals surface area contributed by atoms with Gasteiger partial charge in [0.15, 0.2) is 0 Å². The average molecular weight is 232 g/mol. The monoisotopic (exact) mass is 232 g/mol. The maximum atomic E-state index is 11.2.